The van der Waals surface area contributed by atoms with Crippen LogP contribution in [0.2, 0.25) is 0 Å². The minimum Gasteiger partial charge on any atom is -0.478 e. The van der Waals surface area contributed by atoms with Crippen molar-refractivity contribution in [3.05, 3.63) is 119 Å². The van der Waals surface area contributed by atoms with E-state index in [1.54, 1.807) is 30.3 Å². The number of hydrogen-bond donors (Lipinski definition) is 3. The van der Waals surface area contributed by atoms with Crippen molar-refractivity contribution in [2.75, 3.05) is 16.8 Å². The summed E-state index contributed by atoms with van der Waals surface area (Å²) in [5, 5.41) is 23.3. The normalized spacial score (nSPS) is 14.7. The van der Waals surface area contributed by atoms with Crippen molar-refractivity contribution in [3.8, 4) is 11.1 Å². The summed E-state index contributed by atoms with van der Waals surface area (Å²) >= 11 is 0. The number of nitrogens with zero attached hydrogens (tertiary/aromatic N) is 1. The number of nitrogens with one attached hydrogen (secondary N) is 1. The van der Waals surface area contributed by atoms with Crippen molar-refractivity contribution in [1.29, 1.82) is 0 Å². The van der Waals surface area contributed by atoms with Crippen molar-refractivity contribution in [2.45, 2.75) is 25.9 Å². The highest BCUT2D eigenvalue weighted by Crippen LogP contribution is 2.35. The third kappa shape index (κ3) is 5.34. The van der Waals surface area contributed by atoms with Crippen molar-refractivity contribution in [1.82, 2.24) is 0 Å². The molecule has 1 aliphatic rings. The smallest absolute Gasteiger partial charge is 0.336 e. The first kappa shape index (κ1) is 26.8. The number of carboxylic acids is 1. The molecule has 1 unspecified atom stereocenters. The summed E-state index contributed by atoms with van der Waals surface area (Å²) in [6.45, 7) is 2.21. The molecule has 202 valence electrons. The predicted molar refractivity (Wildman–Crippen MR) is 150 cm³/mol. The molecule has 0 saturated heterocycles. The lowest BCUT2D eigenvalue weighted by Gasteiger charge is -2.24. The second kappa shape index (κ2) is 11.1. The number of aliphatic hydroxyl groups excluding tert-OH is 1. The van der Waals surface area contributed by atoms with E-state index in [1.165, 1.54) is 41.3 Å². The number of fused-ring (bicyclic) bond motifs is 1. The number of aryl methyl sites for hydroxylation is 1. The Bertz CT molecular complexity index is 1620. The van der Waals surface area contributed by atoms with Gasteiger partial charge in [-0.1, -0.05) is 48.0 Å². The first-order chi connectivity index (χ1) is 19.2. The fraction of sp³-hybridized carbons (Fsp3) is 0.156. The lowest BCUT2D eigenvalue weighted by molar-refractivity contribution is 0.0691. The maximum Gasteiger partial charge on any atom is 0.336 e. The number of aliphatic hydroxyl groups is 1. The van der Waals surface area contributed by atoms with Gasteiger partial charge in [-0.25, -0.2) is 9.18 Å². The van der Waals surface area contributed by atoms with E-state index in [0.29, 0.717) is 41.8 Å². The molecule has 1 atom stereocenters. The lowest BCUT2D eigenvalue weighted by atomic mass is 9.98. The minimum atomic E-state index is -1.33. The number of rotatable bonds is 5. The number of carboxylic acid groups (broad SMARTS) is 1. The first-order valence-electron chi connectivity index (χ1n) is 12.9. The summed E-state index contributed by atoms with van der Waals surface area (Å²) in [5.74, 6) is -2.89. The zero-order chi connectivity index (χ0) is 28.4. The summed E-state index contributed by atoms with van der Waals surface area (Å²) in [5.41, 5.74) is 3.21. The van der Waals surface area contributed by atoms with Crippen LogP contribution in [0.25, 0.3) is 11.1 Å². The molecule has 5 rings (SSSR count). The molecular weight excluding hydrogens is 511 g/mol. The fourth-order valence-corrected chi connectivity index (χ4v) is 5.02. The topological polar surface area (TPSA) is 107 Å². The zero-order valence-electron chi connectivity index (χ0n) is 21.7. The van der Waals surface area contributed by atoms with Crippen molar-refractivity contribution in [3.63, 3.8) is 0 Å². The molecule has 3 N–H and O–H groups in total. The van der Waals surface area contributed by atoms with E-state index in [9.17, 15) is 29.0 Å². The van der Waals surface area contributed by atoms with Gasteiger partial charge >= 0.3 is 5.97 Å². The fourth-order valence-electron chi connectivity index (χ4n) is 5.02. The second-order valence-electron chi connectivity index (χ2n) is 9.75. The Kier molecular flexibility index (Phi) is 7.44. The number of anilines is 2. The molecule has 40 heavy (non-hydrogen) atoms. The predicted octanol–water partition coefficient (Wildman–Crippen LogP) is 6.23. The molecule has 8 heteroatoms. The summed E-state index contributed by atoms with van der Waals surface area (Å²) in [4.78, 5) is 40.6. The van der Waals surface area contributed by atoms with Crippen LogP contribution in [-0.2, 0) is 0 Å². The molecular formula is C32H27FN2O5. The standard InChI is InChI=1S/C32H27FN2O5/c1-19-9-14-28-27(16-19)29(36)8-5-15-35(28)31(38)24-13-11-22(18-26(24)32(39)40)34-30(37)23-12-10-21(33)17-25(23)20-6-3-2-4-7-20/h2-4,6-7,9-14,16-18,29,36H,5,8,15H2,1H3,(H,34,37)(H,39,40). The molecule has 1 heterocycles. The monoisotopic (exact) mass is 538 g/mol. The Morgan fingerprint density at radius 1 is 0.900 bits per heavy atom. The summed E-state index contributed by atoms with van der Waals surface area (Å²) < 4.78 is 14.1. The van der Waals surface area contributed by atoms with Gasteiger partial charge in [0.15, 0.2) is 0 Å². The van der Waals surface area contributed by atoms with Crippen molar-refractivity contribution < 1.29 is 29.0 Å². The zero-order valence-corrected chi connectivity index (χ0v) is 21.7. The van der Waals surface area contributed by atoms with Gasteiger partial charge in [-0.15, -0.1) is 0 Å². The molecule has 0 fully saturated rings. The first-order valence-corrected chi connectivity index (χ1v) is 12.9. The van der Waals surface area contributed by atoms with E-state index in [1.807, 2.05) is 25.1 Å². The minimum absolute atomic E-state index is 0.0415. The Labute approximate surface area is 230 Å². The van der Waals surface area contributed by atoms with Gasteiger partial charge in [0.05, 0.1) is 17.2 Å². The number of aromatic carboxylic acids is 1. The van der Waals surface area contributed by atoms with Crippen LogP contribution in [0, 0.1) is 12.7 Å². The lowest BCUT2D eigenvalue weighted by Crippen LogP contribution is -2.33. The van der Waals surface area contributed by atoms with Crippen molar-refractivity contribution >= 4 is 29.2 Å². The molecule has 1 aliphatic heterocycles. The highest BCUT2D eigenvalue weighted by molar-refractivity contribution is 6.14. The highest BCUT2D eigenvalue weighted by atomic mass is 19.1. The van der Waals surface area contributed by atoms with Crippen LogP contribution in [0.4, 0.5) is 15.8 Å². The molecule has 0 aliphatic carbocycles. The number of carbonyl (C=O) groups excluding carboxylic acids is 2. The number of amides is 2. The Morgan fingerprint density at radius 2 is 1.65 bits per heavy atom. The van der Waals surface area contributed by atoms with Crippen LogP contribution < -0.4 is 10.2 Å². The third-order valence-corrected chi connectivity index (χ3v) is 6.99. The number of halogens is 1. The molecule has 4 aromatic carbocycles. The van der Waals surface area contributed by atoms with Gasteiger partial charge in [-0.2, -0.15) is 0 Å². The van der Waals surface area contributed by atoms with E-state index in [-0.39, 0.29) is 22.4 Å². The van der Waals surface area contributed by atoms with E-state index in [4.69, 9.17) is 0 Å². The maximum atomic E-state index is 14.1. The van der Waals surface area contributed by atoms with Gasteiger partial charge in [0, 0.05) is 29.0 Å². The van der Waals surface area contributed by atoms with E-state index in [2.05, 4.69) is 5.32 Å². The van der Waals surface area contributed by atoms with Gasteiger partial charge in [0.25, 0.3) is 11.8 Å². The average molecular weight is 539 g/mol. The SMILES string of the molecule is Cc1ccc2c(c1)C(O)CCCN2C(=O)c1ccc(NC(=O)c2ccc(F)cc2-c2ccccc2)cc1C(=O)O. The third-order valence-electron chi connectivity index (χ3n) is 6.99. The average Bonchev–Trinajstić information content (AvgIpc) is 3.11. The maximum absolute atomic E-state index is 14.1. The number of hydrogen-bond acceptors (Lipinski definition) is 4. The van der Waals surface area contributed by atoms with Crippen LogP contribution in [0.3, 0.4) is 0 Å². The van der Waals surface area contributed by atoms with Crippen LogP contribution in [0.15, 0.2) is 84.9 Å². The molecule has 2 amide bonds. The number of benzene rings is 4. The van der Waals surface area contributed by atoms with E-state index >= 15 is 0 Å². The van der Waals surface area contributed by atoms with Crippen LogP contribution in [0.5, 0.6) is 0 Å². The molecule has 4 aromatic rings. The largest absolute Gasteiger partial charge is 0.478 e. The molecule has 0 aromatic heterocycles. The Hall–Kier alpha value is -4.82. The summed E-state index contributed by atoms with van der Waals surface area (Å²) in [7, 11) is 0. The van der Waals surface area contributed by atoms with Gasteiger partial charge in [0.2, 0.25) is 0 Å². The van der Waals surface area contributed by atoms with Crippen molar-refractivity contribution in [2.24, 2.45) is 0 Å². The quantitative estimate of drug-likeness (QED) is 0.279. The van der Waals surface area contributed by atoms with Gasteiger partial charge < -0.3 is 20.4 Å². The highest BCUT2D eigenvalue weighted by Gasteiger charge is 2.29. The van der Waals surface area contributed by atoms with Crippen LogP contribution in [0.1, 0.15) is 61.1 Å². The molecule has 0 radical (unpaired) electrons. The summed E-state index contributed by atoms with van der Waals surface area (Å²) in [6, 6.07) is 22.2. The molecule has 0 spiro atoms. The number of carbonyl (C=O) groups is 3. The van der Waals surface area contributed by atoms with Gasteiger partial charge in [-0.05, 0) is 73.4 Å². The molecule has 7 nitrogen and oxygen atoms in total. The van der Waals surface area contributed by atoms with E-state index < -0.39 is 29.7 Å². The molecule has 0 saturated carbocycles. The summed E-state index contributed by atoms with van der Waals surface area (Å²) in [6.07, 6.45) is 0.292. The Morgan fingerprint density at radius 3 is 2.40 bits per heavy atom. The van der Waals surface area contributed by atoms with Crippen LogP contribution >= 0.6 is 0 Å². The second-order valence-corrected chi connectivity index (χ2v) is 9.75. The molecule has 0 bridgehead atoms. The van der Waals surface area contributed by atoms with Crippen LogP contribution in [-0.4, -0.2) is 34.5 Å². The van der Waals surface area contributed by atoms with E-state index in [0.717, 1.165) is 5.56 Å². The Balaban J connectivity index is 1.47. The van der Waals surface area contributed by atoms with Gasteiger partial charge in [-0.3, -0.25) is 9.59 Å². The van der Waals surface area contributed by atoms with Gasteiger partial charge in [0.1, 0.15) is 5.82 Å².